The summed E-state index contributed by atoms with van der Waals surface area (Å²) in [6.07, 6.45) is 1.06. The van der Waals surface area contributed by atoms with Crippen LogP contribution in [0.1, 0.15) is 22.9 Å². The number of nitrogens with zero attached hydrogens (tertiary/aromatic N) is 2. The standard InChI is InChI=1S/C13H24N4S/c1-10-6-11(9-18-10)13(15-14)7-12-8-16(2)4-5-17(12)3/h6,9,12-13,15H,4-5,7-8,14H2,1-3H3. The summed E-state index contributed by atoms with van der Waals surface area (Å²) < 4.78 is 0. The largest absolute Gasteiger partial charge is 0.304 e. The van der Waals surface area contributed by atoms with E-state index in [0.29, 0.717) is 6.04 Å². The Kier molecular flexibility index (Phi) is 4.75. The van der Waals surface area contributed by atoms with E-state index in [1.807, 2.05) is 0 Å². The molecule has 1 aromatic rings. The summed E-state index contributed by atoms with van der Waals surface area (Å²) in [5.41, 5.74) is 4.30. The Morgan fingerprint density at radius 3 is 2.89 bits per heavy atom. The van der Waals surface area contributed by atoms with E-state index in [1.165, 1.54) is 10.4 Å². The van der Waals surface area contributed by atoms with Crippen LogP contribution < -0.4 is 11.3 Å². The molecular weight excluding hydrogens is 244 g/mol. The van der Waals surface area contributed by atoms with Crippen molar-refractivity contribution in [2.75, 3.05) is 33.7 Å². The van der Waals surface area contributed by atoms with Crippen molar-refractivity contribution in [3.8, 4) is 0 Å². The zero-order chi connectivity index (χ0) is 13.1. The van der Waals surface area contributed by atoms with Crippen molar-refractivity contribution in [1.82, 2.24) is 15.2 Å². The summed E-state index contributed by atoms with van der Waals surface area (Å²) in [6.45, 7) is 5.56. The maximum absolute atomic E-state index is 5.73. The van der Waals surface area contributed by atoms with Gasteiger partial charge in [0.2, 0.25) is 0 Å². The van der Waals surface area contributed by atoms with Crippen LogP contribution >= 0.6 is 11.3 Å². The lowest BCUT2D eigenvalue weighted by Crippen LogP contribution is -2.51. The summed E-state index contributed by atoms with van der Waals surface area (Å²) in [7, 11) is 4.41. The van der Waals surface area contributed by atoms with Gasteiger partial charge >= 0.3 is 0 Å². The highest BCUT2D eigenvalue weighted by Gasteiger charge is 2.25. The Labute approximate surface area is 114 Å². The van der Waals surface area contributed by atoms with Crippen LogP contribution in [0.2, 0.25) is 0 Å². The van der Waals surface area contributed by atoms with Gasteiger partial charge in [-0.05, 0) is 44.4 Å². The van der Waals surface area contributed by atoms with Gasteiger partial charge in [-0.3, -0.25) is 11.3 Å². The first-order valence-corrected chi connectivity index (χ1v) is 7.38. The molecule has 2 heterocycles. The normalized spacial score (nSPS) is 24.3. The summed E-state index contributed by atoms with van der Waals surface area (Å²) in [5.74, 6) is 5.73. The minimum absolute atomic E-state index is 0.258. The van der Waals surface area contributed by atoms with Crippen LogP contribution in [0.15, 0.2) is 11.4 Å². The molecule has 0 aromatic carbocycles. The third kappa shape index (κ3) is 3.30. The SMILES string of the molecule is Cc1cc(C(CC2CN(C)CCN2C)NN)cs1. The first-order chi connectivity index (χ1) is 8.60. The average Bonchev–Trinajstić information content (AvgIpc) is 2.77. The molecule has 1 aliphatic rings. The first kappa shape index (κ1) is 14.0. The number of aryl methyl sites for hydroxylation is 1. The zero-order valence-corrected chi connectivity index (χ0v) is 12.3. The van der Waals surface area contributed by atoms with E-state index < -0.39 is 0 Å². The third-order valence-electron chi connectivity index (χ3n) is 3.84. The lowest BCUT2D eigenvalue weighted by atomic mass is 9.99. The summed E-state index contributed by atoms with van der Waals surface area (Å²) in [5, 5.41) is 2.21. The molecule has 18 heavy (non-hydrogen) atoms. The number of thiophene rings is 1. The molecule has 102 valence electrons. The van der Waals surface area contributed by atoms with Gasteiger partial charge in [0.05, 0.1) is 0 Å². The van der Waals surface area contributed by atoms with Crippen LogP contribution in [0.3, 0.4) is 0 Å². The fourth-order valence-corrected chi connectivity index (χ4v) is 3.33. The van der Waals surface area contributed by atoms with E-state index in [0.717, 1.165) is 26.1 Å². The van der Waals surface area contributed by atoms with Crippen molar-refractivity contribution in [3.05, 3.63) is 21.9 Å². The van der Waals surface area contributed by atoms with Crippen LogP contribution in [-0.2, 0) is 0 Å². The van der Waals surface area contributed by atoms with E-state index in [1.54, 1.807) is 11.3 Å². The average molecular weight is 268 g/mol. The highest BCUT2D eigenvalue weighted by molar-refractivity contribution is 7.10. The van der Waals surface area contributed by atoms with Crippen molar-refractivity contribution in [1.29, 1.82) is 0 Å². The third-order valence-corrected chi connectivity index (χ3v) is 4.72. The number of rotatable bonds is 4. The molecule has 0 radical (unpaired) electrons. The van der Waals surface area contributed by atoms with Crippen LogP contribution in [0.4, 0.5) is 0 Å². The number of nitrogens with one attached hydrogen (secondary N) is 1. The quantitative estimate of drug-likeness (QED) is 0.636. The van der Waals surface area contributed by atoms with Crippen molar-refractivity contribution in [3.63, 3.8) is 0 Å². The molecule has 0 aliphatic carbocycles. The van der Waals surface area contributed by atoms with Crippen molar-refractivity contribution >= 4 is 11.3 Å². The van der Waals surface area contributed by atoms with Gasteiger partial charge in [0.25, 0.3) is 0 Å². The van der Waals surface area contributed by atoms with Gasteiger partial charge in [0, 0.05) is 36.6 Å². The second kappa shape index (κ2) is 6.12. The van der Waals surface area contributed by atoms with E-state index in [9.17, 15) is 0 Å². The highest BCUT2D eigenvalue weighted by atomic mass is 32.1. The lowest BCUT2D eigenvalue weighted by Gasteiger charge is -2.39. The molecule has 2 atom stereocenters. The van der Waals surface area contributed by atoms with Gasteiger partial charge in [0.1, 0.15) is 0 Å². The molecule has 5 heteroatoms. The molecule has 0 saturated carbocycles. The first-order valence-electron chi connectivity index (χ1n) is 6.50. The number of hydrogen-bond acceptors (Lipinski definition) is 5. The van der Waals surface area contributed by atoms with Crippen LogP contribution in [0.25, 0.3) is 0 Å². The second-order valence-electron chi connectivity index (χ2n) is 5.34. The molecule has 1 aromatic heterocycles. The zero-order valence-electron chi connectivity index (χ0n) is 11.5. The number of nitrogens with two attached hydrogens (primary N) is 1. The number of hydrazine groups is 1. The van der Waals surface area contributed by atoms with Crippen LogP contribution in [0.5, 0.6) is 0 Å². The van der Waals surface area contributed by atoms with E-state index in [2.05, 4.69) is 47.7 Å². The second-order valence-corrected chi connectivity index (χ2v) is 6.46. The maximum atomic E-state index is 5.73. The van der Waals surface area contributed by atoms with Gasteiger partial charge in [0.15, 0.2) is 0 Å². The molecule has 0 amide bonds. The lowest BCUT2D eigenvalue weighted by molar-refractivity contribution is 0.101. The summed E-state index contributed by atoms with van der Waals surface area (Å²) in [4.78, 5) is 6.19. The molecule has 1 saturated heterocycles. The minimum atomic E-state index is 0.258. The highest BCUT2D eigenvalue weighted by Crippen LogP contribution is 2.25. The van der Waals surface area contributed by atoms with Gasteiger partial charge in [-0.15, -0.1) is 11.3 Å². The molecule has 2 unspecified atom stereocenters. The van der Waals surface area contributed by atoms with E-state index >= 15 is 0 Å². The van der Waals surface area contributed by atoms with Crippen molar-refractivity contribution in [2.45, 2.75) is 25.4 Å². The Balaban J connectivity index is 2.01. The van der Waals surface area contributed by atoms with Crippen molar-refractivity contribution < 1.29 is 0 Å². The molecule has 0 bridgehead atoms. The Morgan fingerprint density at radius 1 is 1.50 bits per heavy atom. The van der Waals surface area contributed by atoms with E-state index in [4.69, 9.17) is 5.84 Å². The molecule has 2 rings (SSSR count). The molecule has 3 N–H and O–H groups in total. The van der Waals surface area contributed by atoms with Gasteiger partial charge in [-0.1, -0.05) is 0 Å². The van der Waals surface area contributed by atoms with Crippen molar-refractivity contribution in [2.24, 2.45) is 5.84 Å². The monoisotopic (exact) mass is 268 g/mol. The predicted molar refractivity (Wildman–Crippen MR) is 77.7 cm³/mol. The molecular formula is C13H24N4S. The number of hydrogen-bond donors (Lipinski definition) is 2. The maximum Gasteiger partial charge on any atom is 0.0483 e. The smallest absolute Gasteiger partial charge is 0.0483 e. The molecule has 1 fully saturated rings. The van der Waals surface area contributed by atoms with E-state index in [-0.39, 0.29) is 6.04 Å². The number of piperazine rings is 1. The van der Waals surface area contributed by atoms with Gasteiger partial charge < -0.3 is 9.80 Å². The number of likely N-dealkylation sites (N-methyl/N-ethyl adjacent to an activating group) is 2. The Hall–Kier alpha value is -0.460. The predicted octanol–water partition coefficient (Wildman–Crippen LogP) is 1.20. The molecule has 4 nitrogen and oxygen atoms in total. The minimum Gasteiger partial charge on any atom is -0.304 e. The fraction of sp³-hybridized carbons (Fsp3) is 0.692. The molecule has 1 aliphatic heterocycles. The Bertz CT molecular complexity index is 379. The van der Waals surface area contributed by atoms with Crippen LogP contribution in [0, 0.1) is 6.92 Å². The Morgan fingerprint density at radius 2 is 2.28 bits per heavy atom. The summed E-state index contributed by atoms with van der Waals surface area (Å²) in [6, 6.07) is 3.07. The van der Waals surface area contributed by atoms with Gasteiger partial charge in [-0.25, -0.2) is 0 Å². The topological polar surface area (TPSA) is 44.5 Å². The fourth-order valence-electron chi connectivity index (χ4n) is 2.57. The molecule has 0 spiro atoms. The van der Waals surface area contributed by atoms with Gasteiger partial charge in [-0.2, -0.15) is 0 Å². The summed E-state index contributed by atoms with van der Waals surface area (Å²) >= 11 is 1.79. The van der Waals surface area contributed by atoms with Crippen LogP contribution in [-0.4, -0.2) is 49.6 Å².